The Labute approximate surface area is 85.2 Å². The molecule has 0 aromatic carbocycles. The molecule has 1 aromatic heterocycles. The number of aromatic nitrogens is 1. The highest BCUT2D eigenvalue weighted by Gasteiger charge is 2.21. The van der Waals surface area contributed by atoms with Gasteiger partial charge in [0.2, 0.25) is 5.82 Å². The van der Waals surface area contributed by atoms with E-state index in [4.69, 9.17) is 5.73 Å². The highest BCUT2D eigenvalue weighted by atomic mass is 79.9. The molecule has 0 saturated heterocycles. The van der Waals surface area contributed by atoms with Crippen molar-refractivity contribution >= 4 is 27.4 Å². The van der Waals surface area contributed by atoms with Crippen molar-refractivity contribution in [3.8, 4) is 0 Å². The Balaban J connectivity index is 3.34. The molecule has 0 amide bonds. The monoisotopic (exact) mass is 267 g/mol. The second-order valence-corrected chi connectivity index (χ2v) is 3.08. The lowest BCUT2D eigenvalue weighted by atomic mass is 10.2. The van der Waals surface area contributed by atoms with E-state index < -0.39 is 28.4 Å². The maximum Gasteiger partial charge on any atom is 0.311 e. The lowest BCUT2D eigenvalue weighted by Gasteiger charge is -2.03. The summed E-state index contributed by atoms with van der Waals surface area (Å²) in [6.07, 6.45) is -2.84. The zero-order chi connectivity index (χ0) is 10.9. The summed E-state index contributed by atoms with van der Waals surface area (Å²) < 4.78 is 24.4. The van der Waals surface area contributed by atoms with Crippen LogP contribution >= 0.6 is 15.9 Å². The van der Waals surface area contributed by atoms with E-state index in [1.54, 1.807) is 0 Å². The number of rotatable bonds is 2. The highest BCUT2D eigenvalue weighted by Crippen LogP contribution is 2.31. The quantitative estimate of drug-likeness (QED) is 0.506. The molecule has 5 nitrogen and oxygen atoms in total. The van der Waals surface area contributed by atoms with Crippen molar-refractivity contribution in [2.75, 3.05) is 5.73 Å². The van der Waals surface area contributed by atoms with Crippen molar-refractivity contribution in [3.05, 3.63) is 26.3 Å². The smallest absolute Gasteiger partial charge is 0.311 e. The van der Waals surface area contributed by atoms with E-state index in [1.807, 2.05) is 0 Å². The van der Waals surface area contributed by atoms with E-state index in [0.29, 0.717) is 6.07 Å². The maximum absolute atomic E-state index is 12.3. The average Bonchev–Trinajstić information content (AvgIpc) is 2.02. The van der Waals surface area contributed by atoms with Gasteiger partial charge in [0, 0.05) is 6.07 Å². The number of pyridine rings is 1. The molecule has 8 heteroatoms. The Kier molecular flexibility index (Phi) is 2.94. The summed E-state index contributed by atoms with van der Waals surface area (Å²) in [6, 6.07) is 0.705. The standard InChI is InChI=1S/C6H4BrF2N3O2/c7-4-2(5(8)9)1-3(12(13)14)6(10)11-4/h1,5H,(H2,10,11). The number of nitrogens with zero attached hydrogens (tertiary/aromatic N) is 2. The Morgan fingerprint density at radius 3 is 2.64 bits per heavy atom. The van der Waals surface area contributed by atoms with Crippen molar-refractivity contribution < 1.29 is 13.7 Å². The van der Waals surface area contributed by atoms with E-state index >= 15 is 0 Å². The van der Waals surface area contributed by atoms with Crippen molar-refractivity contribution in [1.29, 1.82) is 0 Å². The molecular weight excluding hydrogens is 264 g/mol. The van der Waals surface area contributed by atoms with Crippen LogP contribution in [0.15, 0.2) is 10.7 Å². The maximum atomic E-state index is 12.3. The minimum absolute atomic E-state index is 0.185. The summed E-state index contributed by atoms with van der Waals surface area (Å²) in [5, 5.41) is 10.3. The number of hydrogen-bond acceptors (Lipinski definition) is 4. The molecule has 0 saturated carbocycles. The van der Waals surface area contributed by atoms with Gasteiger partial charge in [-0.2, -0.15) is 0 Å². The van der Waals surface area contributed by atoms with Crippen LogP contribution in [0.4, 0.5) is 20.3 Å². The van der Waals surface area contributed by atoms with Gasteiger partial charge in [-0.15, -0.1) is 0 Å². The van der Waals surface area contributed by atoms with Gasteiger partial charge >= 0.3 is 5.69 Å². The predicted octanol–water partition coefficient (Wildman–Crippen LogP) is 2.27. The number of nitrogen functional groups attached to an aromatic ring is 1. The van der Waals surface area contributed by atoms with E-state index in [1.165, 1.54) is 0 Å². The number of hydrogen-bond donors (Lipinski definition) is 1. The number of alkyl halides is 2. The van der Waals surface area contributed by atoms with Crippen LogP contribution in [0, 0.1) is 10.1 Å². The summed E-state index contributed by atoms with van der Waals surface area (Å²) in [6.45, 7) is 0. The Bertz CT molecular complexity index is 386. The van der Waals surface area contributed by atoms with Gasteiger partial charge in [-0.3, -0.25) is 10.1 Å². The molecular formula is C6H4BrF2N3O2. The van der Waals surface area contributed by atoms with E-state index in [0.717, 1.165) is 0 Å². The third-order valence-electron chi connectivity index (χ3n) is 1.44. The lowest BCUT2D eigenvalue weighted by molar-refractivity contribution is -0.384. The summed E-state index contributed by atoms with van der Waals surface area (Å²) in [4.78, 5) is 12.9. The number of nitrogens with two attached hydrogens (primary N) is 1. The molecule has 14 heavy (non-hydrogen) atoms. The molecule has 1 heterocycles. The van der Waals surface area contributed by atoms with E-state index in [-0.39, 0.29) is 4.60 Å². The van der Waals surface area contributed by atoms with Gasteiger partial charge in [0.1, 0.15) is 4.60 Å². The van der Waals surface area contributed by atoms with Crippen LogP contribution in [-0.4, -0.2) is 9.91 Å². The van der Waals surface area contributed by atoms with Crippen LogP contribution < -0.4 is 5.73 Å². The fourth-order valence-electron chi connectivity index (χ4n) is 0.808. The van der Waals surface area contributed by atoms with Crippen LogP contribution in [0.5, 0.6) is 0 Å². The van der Waals surface area contributed by atoms with Crippen LogP contribution in [0.1, 0.15) is 12.0 Å². The number of nitro groups is 1. The zero-order valence-electron chi connectivity index (χ0n) is 6.58. The topological polar surface area (TPSA) is 82.0 Å². The second-order valence-electron chi connectivity index (χ2n) is 2.33. The van der Waals surface area contributed by atoms with Crippen LogP contribution in [0.25, 0.3) is 0 Å². The van der Waals surface area contributed by atoms with Crippen molar-refractivity contribution in [2.45, 2.75) is 6.43 Å². The normalized spacial score (nSPS) is 10.6. The largest absolute Gasteiger partial charge is 0.378 e. The van der Waals surface area contributed by atoms with Gasteiger partial charge in [-0.25, -0.2) is 13.8 Å². The van der Waals surface area contributed by atoms with Gasteiger partial charge in [0.25, 0.3) is 6.43 Å². The summed E-state index contributed by atoms with van der Waals surface area (Å²) in [7, 11) is 0. The van der Waals surface area contributed by atoms with Gasteiger partial charge in [-0.1, -0.05) is 0 Å². The first-order valence-corrected chi connectivity index (χ1v) is 4.11. The third kappa shape index (κ3) is 1.95. The first-order chi connectivity index (χ1) is 6.43. The van der Waals surface area contributed by atoms with E-state index in [9.17, 15) is 18.9 Å². The third-order valence-corrected chi connectivity index (χ3v) is 2.08. The molecule has 0 aliphatic rings. The second kappa shape index (κ2) is 3.82. The minimum Gasteiger partial charge on any atom is -0.378 e. The number of halogens is 3. The number of anilines is 1. The fraction of sp³-hybridized carbons (Fsp3) is 0.167. The fourth-order valence-corrected chi connectivity index (χ4v) is 1.29. The summed E-state index contributed by atoms with van der Waals surface area (Å²) in [5.41, 5.74) is 3.99. The highest BCUT2D eigenvalue weighted by molar-refractivity contribution is 9.10. The van der Waals surface area contributed by atoms with Crippen molar-refractivity contribution in [2.24, 2.45) is 0 Å². The minimum atomic E-state index is -2.84. The van der Waals surface area contributed by atoms with Crippen molar-refractivity contribution in [1.82, 2.24) is 4.98 Å². The molecule has 1 rings (SSSR count). The SMILES string of the molecule is Nc1nc(Br)c(C(F)F)cc1[N+](=O)[O-]. The molecule has 0 spiro atoms. The molecule has 1 aromatic rings. The first-order valence-electron chi connectivity index (χ1n) is 3.32. The van der Waals surface area contributed by atoms with Gasteiger partial charge in [0.05, 0.1) is 10.5 Å². The summed E-state index contributed by atoms with van der Waals surface area (Å²) >= 11 is 2.74. The van der Waals surface area contributed by atoms with Crippen LogP contribution in [0.3, 0.4) is 0 Å². The predicted molar refractivity (Wildman–Crippen MR) is 48.0 cm³/mol. The van der Waals surface area contributed by atoms with Gasteiger partial charge in [-0.05, 0) is 15.9 Å². The van der Waals surface area contributed by atoms with Crippen LogP contribution in [-0.2, 0) is 0 Å². The molecule has 0 unspecified atom stereocenters. The lowest BCUT2D eigenvalue weighted by Crippen LogP contribution is -2.01. The summed E-state index contributed by atoms with van der Waals surface area (Å²) in [5.74, 6) is -0.397. The average molecular weight is 268 g/mol. The molecule has 2 N–H and O–H groups in total. The Morgan fingerprint density at radius 2 is 2.21 bits per heavy atom. The molecule has 0 atom stereocenters. The van der Waals surface area contributed by atoms with Gasteiger partial charge < -0.3 is 5.73 Å². The molecule has 0 bridgehead atoms. The molecule has 0 aliphatic heterocycles. The molecule has 76 valence electrons. The molecule has 0 radical (unpaired) electrons. The zero-order valence-corrected chi connectivity index (χ0v) is 8.16. The molecule has 0 aliphatic carbocycles. The first kappa shape index (κ1) is 10.8. The Morgan fingerprint density at radius 1 is 1.64 bits per heavy atom. The molecule has 0 fully saturated rings. The van der Waals surface area contributed by atoms with E-state index in [2.05, 4.69) is 20.9 Å². The van der Waals surface area contributed by atoms with Gasteiger partial charge in [0.15, 0.2) is 0 Å². The van der Waals surface area contributed by atoms with Crippen molar-refractivity contribution in [3.63, 3.8) is 0 Å². The Hall–Kier alpha value is -1.31. The van der Waals surface area contributed by atoms with Crippen LogP contribution in [0.2, 0.25) is 0 Å².